The minimum absolute atomic E-state index is 0.248. The number of hydrogen-bond acceptors (Lipinski definition) is 3. The smallest absolute Gasteiger partial charge is 0.223 e. The topological polar surface area (TPSA) is 50.2 Å². The Morgan fingerprint density at radius 1 is 1.50 bits per heavy atom. The maximum atomic E-state index is 12.5. The van der Waals surface area contributed by atoms with E-state index in [1.54, 1.807) is 0 Å². The van der Waals surface area contributed by atoms with Crippen LogP contribution in [0.15, 0.2) is 12.4 Å². The van der Waals surface area contributed by atoms with Gasteiger partial charge in [-0.05, 0) is 44.7 Å². The number of aromatic nitrogens is 2. The summed E-state index contributed by atoms with van der Waals surface area (Å²) in [7, 11) is 1.93. The molecule has 3 heterocycles. The quantitative estimate of drug-likeness (QED) is 0.906. The Labute approximate surface area is 120 Å². The Hall–Kier alpha value is -1.36. The molecule has 2 fully saturated rings. The van der Waals surface area contributed by atoms with E-state index in [0.717, 1.165) is 38.9 Å². The Bertz CT molecular complexity index is 464. The molecule has 0 aliphatic carbocycles. The van der Waals surface area contributed by atoms with Crippen molar-refractivity contribution in [3.8, 4) is 0 Å². The minimum Gasteiger partial charge on any atom is -0.336 e. The van der Waals surface area contributed by atoms with E-state index in [1.807, 2.05) is 24.1 Å². The van der Waals surface area contributed by atoms with Crippen molar-refractivity contribution in [1.82, 2.24) is 20.0 Å². The van der Waals surface area contributed by atoms with Gasteiger partial charge in [0.15, 0.2) is 0 Å². The molecule has 0 spiro atoms. The van der Waals surface area contributed by atoms with E-state index in [1.165, 1.54) is 12.0 Å². The van der Waals surface area contributed by atoms with Gasteiger partial charge in [-0.25, -0.2) is 0 Å². The van der Waals surface area contributed by atoms with Gasteiger partial charge in [-0.15, -0.1) is 0 Å². The van der Waals surface area contributed by atoms with Gasteiger partial charge in [0.1, 0.15) is 0 Å². The van der Waals surface area contributed by atoms with Crippen molar-refractivity contribution in [2.75, 3.05) is 19.6 Å². The number of likely N-dealkylation sites (tertiary alicyclic amines) is 1. The molecule has 1 aromatic rings. The molecule has 0 aromatic carbocycles. The standard InChI is InChI=1S/C15H24N4O/c1-18-11-13(10-17-18)14-3-2-8-19(14)15(20)5-4-12-6-7-16-9-12/h10-12,14,16H,2-9H2,1H3. The van der Waals surface area contributed by atoms with Crippen LogP contribution < -0.4 is 5.32 Å². The van der Waals surface area contributed by atoms with Crippen LogP contribution in [0.4, 0.5) is 0 Å². The van der Waals surface area contributed by atoms with Crippen LogP contribution in [0.1, 0.15) is 43.7 Å². The van der Waals surface area contributed by atoms with Crippen molar-refractivity contribution in [1.29, 1.82) is 0 Å². The van der Waals surface area contributed by atoms with Crippen molar-refractivity contribution in [3.05, 3.63) is 18.0 Å². The first-order valence-corrected chi connectivity index (χ1v) is 7.73. The van der Waals surface area contributed by atoms with Crippen molar-refractivity contribution in [2.45, 2.75) is 38.1 Å². The number of nitrogens with one attached hydrogen (secondary N) is 1. The van der Waals surface area contributed by atoms with Gasteiger partial charge in [0.05, 0.1) is 12.2 Å². The molecule has 3 rings (SSSR count). The second-order valence-electron chi connectivity index (χ2n) is 6.09. The summed E-state index contributed by atoms with van der Waals surface area (Å²) in [6, 6.07) is 0.248. The summed E-state index contributed by atoms with van der Waals surface area (Å²) in [5.41, 5.74) is 1.18. The predicted molar refractivity (Wildman–Crippen MR) is 77.1 cm³/mol. The number of aryl methyl sites for hydroxylation is 1. The van der Waals surface area contributed by atoms with E-state index >= 15 is 0 Å². The van der Waals surface area contributed by atoms with E-state index in [-0.39, 0.29) is 6.04 Å². The molecule has 2 aliphatic heterocycles. The van der Waals surface area contributed by atoms with Gasteiger partial charge in [-0.3, -0.25) is 9.48 Å². The third-order valence-electron chi connectivity index (χ3n) is 4.61. The highest BCUT2D eigenvalue weighted by Crippen LogP contribution is 2.32. The van der Waals surface area contributed by atoms with Crippen LogP contribution in [-0.4, -0.2) is 40.2 Å². The third-order valence-corrected chi connectivity index (χ3v) is 4.61. The van der Waals surface area contributed by atoms with Crippen LogP contribution >= 0.6 is 0 Å². The Kier molecular flexibility index (Phi) is 4.05. The van der Waals surface area contributed by atoms with Crippen molar-refractivity contribution in [2.24, 2.45) is 13.0 Å². The van der Waals surface area contributed by atoms with Crippen LogP contribution in [0.5, 0.6) is 0 Å². The van der Waals surface area contributed by atoms with Crippen molar-refractivity contribution in [3.63, 3.8) is 0 Å². The fraction of sp³-hybridized carbons (Fsp3) is 0.733. The zero-order chi connectivity index (χ0) is 13.9. The lowest BCUT2D eigenvalue weighted by molar-refractivity contribution is -0.132. The van der Waals surface area contributed by atoms with Crippen LogP contribution in [0.3, 0.4) is 0 Å². The second kappa shape index (κ2) is 5.95. The second-order valence-corrected chi connectivity index (χ2v) is 6.09. The predicted octanol–water partition coefficient (Wildman–Crippen LogP) is 1.47. The molecule has 0 bridgehead atoms. The normalized spacial score (nSPS) is 26.4. The molecule has 2 atom stereocenters. The van der Waals surface area contributed by atoms with E-state index in [0.29, 0.717) is 18.2 Å². The molecule has 110 valence electrons. The fourth-order valence-electron chi connectivity index (χ4n) is 3.46. The van der Waals surface area contributed by atoms with Crippen LogP contribution in [0, 0.1) is 5.92 Å². The molecule has 2 saturated heterocycles. The van der Waals surface area contributed by atoms with E-state index in [4.69, 9.17) is 0 Å². The fourth-order valence-corrected chi connectivity index (χ4v) is 3.46. The molecule has 5 nitrogen and oxygen atoms in total. The Morgan fingerprint density at radius 2 is 2.40 bits per heavy atom. The van der Waals surface area contributed by atoms with Gasteiger partial charge in [-0.2, -0.15) is 5.10 Å². The summed E-state index contributed by atoms with van der Waals surface area (Å²) >= 11 is 0. The highest BCUT2D eigenvalue weighted by Gasteiger charge is 2.30. The van der Waals surface area contributed by atoms with Gasteiger partial charge < -0.3 is 10.2 Å². The highest BCUT2D eigenvalue weighted by molar-refractivity contribution is 5.77. The molecule has 2 aliphatic rings. The summed E-state index contributed by atoms with van der Waals surface area (Å²) in [5, 5.41) is 7.60. The number of amides is 1. The van der Waals surface area contributed by atoms with Crippen LogP contribution in [-0.2, 0) is 11.8 Å². The first kappa shape index (κ1) is 13.6. The molecule has 5 heteroatoms. The average molecular weight is 276 g/mol. The van der Waals surface area contributed by atoms with Gasteiger partial charge in [0.2, 0.25) is 5.91 Å². The largest absolute Gasteiger partial charge is 0.336 e. The lowest BCUT2D eigenvalue weighted by Crippen LogP contribution is -2.30. The number of rotatable bonds is 4. The third kappa shape index (κ3) is 2.87. The summed E-state index contributed by atoms with van der Waals surface area (Å²) in [6.45, 7) is 3.10. The van der Waals surface area contributed by atoms with Gasteiger partial charge in [0, 0.05) is 31.8 Å². The van der Waals surface area contributed by atoms with Crippen molar-refractivity contribution >= 4 is 5.91 Å². The highest BCUT2D eigenvalue weighted by atomic mass is 16.2. The van der Waals surface area contributed by atoms with Crippen LogP contribution in [0.25, 0.3) is 0 Å². The Balaban J connectivity index is 1.58. The van der Waals surface area contributed by atoms with Gasteiger partial charge >= 0.3 is 0 Å². The molecule has 1 aromatic heterocycles. The molecule has 2 unspecified atom stereocenters. The number of carbonyl (C=O) groups is 1. The first-order chi connectivity index (χ1) is 9.74. The molecular weight excluding hydrogens is 252 g/mol. The molecule has 0 saturated carbocycles. The molecule has 1 N–H and O–H groups in total. The SMILES string of the molecule is Cn1cc(C2CCCN2C(=O)CCC2CCNC2)cn1. The minimum atomic E-state index is 0.248. The van der Waals surface area contributed by atoms with E-state index in [2.05, 4.69) is 15.3 Å². The number of nitrogens with zero attached hydrogens (tertiary/aromatic N) is 3. The first-order valence-electron chi connectivity index (χ1n) is 7.73. The Morgan fingerprint density at radius 3 is 3.10 bits per heavy atom. The van der Waals surface area contributed by atoms with Crippen LogP contribution in [0.2, 0.25) is 0 Å². The van der Waals surface area contributed by atoms with Gasteiger partial charge in [-0.1, -0.05) is 0 Å². The molecule has 20 heavy (non-hydrogen) atoms. The molecular formula is C15H24N4O. The molecule has 1 amide bonds. The number of carbonyl (C=O) groups excluding carboxylic acids is 1. The average Bonchev–Trinajstić information content (AvgIpc) is 3.16. The lowest BCUT2D eigenvalue weighted by atomic mass is 10.0. The summed E-state index contributed by atoms with van der Waals surface area (Å²) < 4.78 is 1.82. The molecule has 0 radical (unpaired) electrons. The summed E-state index contributed by atoms with van der Waals surface area (Å²) in [5.74, 6) is 1.02. The summed E-state index contributed by atoms with van der Waals surface area (Å²) in [6.07, 6.45) is 9.07. The lowest BCUT2D eigenvalue weighted by Gasteiger charge is -2.24. The monoisotopic (exact) mass is 276 g/mol. The maximum absolute atomic E-state index is 12.5. The zero-order valence-corrected chi connectivity index (χ0v) is 12.2. The van der Waals surface area contributed by atoms with E-state index < -0.39 is 0 Å². The maximum Gasteiger partial charge on any atom is 0.223 e. The van der Waals surface area contributed by atoms with Crippen molar-refractivity contribution < 1.29 is 4.79 Å². The number of hydrogen-bond donors (Lipinski definition) is 1. The zero-order valence-electron chi connectivity index (χ0n) is 12.2. The summed E-state index contributed by atoms with van der Waals surface area (Å²) in [4.78, 5) is 14.5. The van der Waals surface area contributed by atoms with E-state index in [9.17, 15) is 4.79 Å². The van der Waals surface area contributed by atoms with Gasteiger partial charge in [0.25, 0.3) is 0 Å².